The first kappa shape index (κ1) is 27.1. The van der Waals surface area contributed by atoms with Gasteiger partial charge in [0, 0.05) is 0 Å². The van der Waals surface area contributed by atoms with Gasteiger partial charge >= 0.3 is 42.1 Å². The lowest BCUT2D eigenvalue weighted by molar-refractivity contribution is -0.354. The maximum absolute atomic E-state index is 14.3. The van der Waals surface area contributed by atoms with Gasteiger partial charge in [-0.3, -0.25) is 0 Å². The van der Waals surface area contributed by atoms with E-state index < -0.39 is 59.8 Å². The predicted octanol–water partition coefficient (Wildman–Crippen LogP) is 6.16. The molecule has 1 aromatic heterocycles. The van der Waals surface area contributed by atoms with E-state index in [4.69, 9.17) is 4.74 Å². The van der Waals surface area contributed by atoms with Crippen LogP contribution in [0.1, 0.15) is 43.8 Å². The molecule has 0 bridgehead atoms. The van der Waals surface area contributed by atoms with E-state index in [9.17, 15) is 61.5 Å². The van der Waals surface area contributed by atoms with Gasteiger partial charge in [-0.15, -0.1) is 0 Å². The first-order valence-corrected chi connectivity index (χ1v) is 8.74. The second-order valence-electron chi connectivity index (χ2n) is 6.95. The Labute approximate surface area is 174 Å². The smallest absolute Gasteiger partial charge is 0.439 e. The van der Waals surface area contributed by atoms with Gasteiger partial charge in [0.1, 0.15) is 6.10 Å². The Balaban J connectivity index is 2.84. The summed E-state index contributed by atoms with van der Waals surface area (Å²) >= 11 is 0. The van der Waals surface area contributed by atoms with Crippen molar-refractivity contribution in [1.82, 2.24) is 15.0 Å². The third-order valence-electron chi connectivity index (χ3n) is 4.62. The molecule has 190 valence electrons. The molecule has 0 radical (unpaired) electrons. The van der Waals surface area contributed by atoms with Gasteiger partial charge in [0.05, 0.1) is 0 Å². The number of hydrogen-bond acceptors (Lipinski definition) is 4. The molecule has 0 spiro atoms. The quantitative estimate of drug-likeness (QED) is 0.451. The average molecular weight is 515 g/mol. The van der Waals surface area contributed by atoms with Crippen LogP contribution in [-0.2, 0) is 11.3 Å². The standard InChI is InChI=1S/C15H11F14N3O/c16-10(12(18,19)20,13(21,22)23)7-30-8(11(17,14(24,25)26)15(27,28)29)32-9(31-7)33-6-4-2-1-3-5-6/h6H,1-5H2. The van der Waals surface area contributed by atoms with Crippen LogP contribution in [0.2, 0.25) is 0 Å². The van der Waals surface area contributed by atoms with Crippen molar-refractivity contribution in [3.05, 3.63) is 11.6 Å². The number of nitrogens with zero attached hydrogens (tertiary/aromatic N) is 3. The van der Waals surface area contributed by atoms with Crippen molar-refractivity contribution in [1.29, 1.82) is 0 Å². The molecule has 33 heavy (non-hydrogen) atoms. The van der Waals surface area contributed by atoms with Crippen molar-refractivity contribution in [2.24, 2.45) is 0 Å². The molecule has 2 rings (SSSR count). The molecule has 0 N–H and O–H groups in total. The van der Waals surface area contributed by atoms with Crippen molar-refractivity contribution < 1.29 is 66.2 Å². The van der Waals surface area contributed by atoms with Crippen molar-refractivity contribution in [2.75, 3.05) is 0 Å². The minimum absolute atomic E-state index is 0.00890. The van der Waals surface area contributed by atoms with Crippen molar-refractivity contribution in [3.8, 4) is 6.01 Å². The number of aromatic nitrogens is 3. The second-order valence-corrected chi connectivity index (χ2v) is 6.95. The first-order chi connectivity index (χ1) is 14.7. The fraction of sp³-hybridized carbons (Fsp3) is 0.800. The lowest BCUT2D eigenvalue weighted by atomic mass is 9.98. The third kappa shape index (κ3) is 4.74. The third-order valence-corrected chi connectivity index (χ3v) is 4.62. The van der Waals surface area contributed by atoms with E-state index in [0.717, 1.165) is 0 Å². The normalized spacial score (nSPS) is 17.9. The van der Waals surface area contributed by atoms with E-state index in [2.05, 4.69) is 9.97 Å². The maximum atomic E-state index is 14.3. The van der Waals surface area contributed by atoms with Crippen LogP contribution in [0.4, 0.5) is 61.5 Å². The summed E-state index contributed by atoms with van der Waals surface area (Å²) in [6, 6.07) is -1.96. The summed E-state index contributed by atoms with van der Waals surface area (Å²) < 4.78 is 189. The molecule has 1 heterocycles. The van der Waals surface area contributed by atoms with E-state index >= 15 is 0 Å². The Hall–Kier alpha value is -2.17. The molecule has 0 unspecified atom stereocenters. The van der Waals surface area contributed by atoms with Crippen LogP contribution in [0.5, 0.6) is 6.01 Å². The molecule has 0 atom stereocenters. The Morgan fingerprint density at radius 2 is 0.848 bits per heavy atom. The number of halogens is 14. The molecule has 4 nitrogen and oxygen atoms in total. The van der Waals surface area contributed by atoms with Gasteiger partial charge in [-0.05, 0) is 25.7 Å². The van der Waals surface area contributed by atoms with Crippen LogP contribution in [-0.4, -0.2) is 45.8 Å². The van der Waals surface area contributed by atoms with Crippen LogP contribution in [0.3, 0.4) is 0 Å². The fourth-order valence-electron chi connectivity index (χ4n) is 2.88. The van der Waals surface area contributed by atoms with Crippen LogP contribution in [0.25, 0.3) is 0 Å². The number of ether oxygens (including phenoxy) is 1. The van der Waals surface area contributed by atoms with E-state index in [0.29, 0.717) is 19.3 Å². The van der Waals surface area contributed by atoms with Gasteiger partial charge in [-0.2, -0.15) is 62.7 Å². The predicted molar refractivity (Wildman–Crippen MR) is 77.1 cm³/mol. The van der Waals surface area contributed by atoms with Gasteiger partial charge in [-0.1, -0.05) is 6.42 Å². The first-order valence-electron chi connectivity index (χ1n) is 8.74. The van der Waals surface area contributed by atoms with Gasteiger partial charge in [0.2, 0.25) is 0 Å². The van der Waals surface area contributed by atoms with Crippen LogP contribution >= 0.6 is 0 Å². The molecule has 0 amide bonds. The summed E-state index contributed by atoms with van der Waals surface area (Å²) in [5, 5.41) is 0. The van der Waals surface area contributed by atoms with E-state index in [1.54, 1.807) is 4.98 Å². The van der Waals surface area contributed by atoms with Crippen LogP contribution < -0.4 is 4.74 Å². The lowest BCUT2D eigenvalue weighted by Gasteiger charge is -2.31. The van der Waals surface area contributed by atoms with Crippen LogP contribution in [0.15, 0.2) is 0 Å². The molecule has 18 heteroatoms. The average Bonchev–Trinajstić information content (AvgIpc) is 2.63. The Morgan fingerprint density at radius 3 is 1.15 bits per heavy atom. The summed E-state index contributed by atoms with van der Waals surface area (Å²) in [7, 11) is 0. The summed E-state index contributed by atoms with van der Waals surface area (Å²) in [4.78, 5) is 6.40. The van der Waals surface area contributed by atoms with E-state index in [1.807, 2.05) is 0 Å². The minimum atomic E-state index is -7.03. The molecule has 0 aliphatic heterocycles. The van der Waals surface area contributed by atoms with Gasteiger partial charge in [0.25, 0.3) is 0 Å². The molecule has 1 aromatic rings. The molecule has 1 saturated carbocycles. The van der Waals surface area contributed by atoms with Gasteiger partial charge in [-0.25, -0.2) is 13.8 Å². The zero-order valence-electron chi connectivity index (χ0n) is 15.7. The van der Waals surface area contributed by atoms with E-state index in [1.165, 1.54) is 0 Å². The molecular formula is C15H11F14N3O. The van der Waals surface area contributed by atoms with Crippen molar-refractivity contribution in [3.63, 3.8) is 0 Å². The highest BCUT2D eigenvalue weighted by Gasteiger charge is 2.78. The van der Waals surface area contributed by atoms with Crippen molar-refractivity contribution >= 4 is 0 Å². The van der Waals surface area contributed by atoms with Crippen LogP contribution in [0, 0.1) is 0 Å². The number of rotatable bonds is 4. The molecule has 1 fully saturated rings. The molecular weight excluding hydrogens is 504 g/mol. The van der Waals surface area contributed by atoms with Gasteiger partial charge < -0.3 is 4.74 Å². The zero-order valence-corrected chi connectivity index (χ0v) is 15.7. The highest BCUT2D eigenvalue weighted by Crippen LogP contribution is 2.55. The zero-order chi connectivity index (χ0) is 25.7. The van der Waals surface area contributed by atoms with Gasteiger partial charge in [0.15, 0.2) is 11.6 Å². The number of alkyl halides is 14. The Morgan fingerprint density at radius 1 is 0.515 bits per heavy atom. The highest BCUT2D eigenvalue weighted by atomic mass is 19.4. The van der Waals surface area contributed by atoms with E-state index in [-0.39, 0.29) is 12.8 Å². The monoisotopic (exact) mass is 515 g/mol. The topological polar surface area (TPSA) is 47.9 Å². The summed E-state index contributed by atoms with van der Waals surface area (Å²) in [6.07, 6.45) is -28.0. The Bertz CT molecular complexity index is 754. The summed E-state index contributed by atoms with van der Waals surface area (Å²) in [5.74, 6) is -6.59. The molecule has 0 saturated heterocycles. The molecule has 1 aliphatic rings. The minimum Gasteiger partial charge on any atom is -0.460 e. The highest BCUT2D eigenvalue weighted by molar-refractivity contribution is 5.20. The largest absolute Gasteiger partial charge is 0.460 e. The SMILES string of the molecule is FC(F)(F)C(F)(c1nc(OC2CCCCC2)nc(C(F)(C(F)(F)F)C(F)(F)F)n1)C(F)(F)F. The van der Waals surface area contributed by atoms with Crippen molar-refractivity contribution in [2.45, 2.75) is 74.3 Å². The summed E-state index contributed by atoms with van der Waals surface area (Å²) in [5.41, 5.74) is -13.4. The summed E-state index contributed by atoms with van der Waals surface area (Å²) in [6.45, 7) is 0. The fourth-order valence-corrected chi connectivity index (χ4v) is 2.88. The number of hydrogen-bond donors (Lipinski definition) is 0. The maximum Gasteiger partial charge on any atom is 0.439 e. The lowest BCUT2D eigenvalue weighted by Crippen LogP contribution is -2.54. The molecule has 1 aliphatic carbocycles. The second kappa shape index (κ2) is 8.25. The molecule has 0 aromatic carbocycles. The Kier molecular flexibility index (Phi) is 6.77.